The standard InChI is InChI=1S/C17H13NO7S/c1-11(19)23-15-8-4-3-7-13(15)17(20)25-26(21,22)10-14-12-6-2-5-9-16(12)24-18-14/h2-9H,10H2,1H3. The van der Waals surface area contributed by atoms with E-state index in [9.17, 15) is 18.0 Å². The summed E-state index contributed by atoms with van der Waals surface area (Å²) in [5, 5.41) is 4.21. The molecule has 0 spiro atoms. The molecule has 0 aliphatic rings. The number of fused-ring (bicyclic) bond motifs is 1. The number of esters is 1. The molecular formula is C17H13NO7S. The van der Waals surface area contributed by atoms with Crippen LogP contribution in [0.15, 0.2) is 53.1 Å². The predicted molar refractivity (Wildman–Crippen MR) is 89.8 cm³/mol. The lowest BCUT2D eigenvalue weighted by Crippen LogP contribution is -2.17. The predicted octanol–water partition coefficient (Wildman–Crippen LogP) is 2.44. The van der Waals surface area contributed by atoms with Gasteiger partial charge in [-0.2, -0.15) is 8.42 Å². The number of hydrogen-bond donors (Lipinski definition) is 0. The Labute approximate surface area is 148 Å². The van der Waals surface area contributed by atoms with Gasteiger partial charge in [-0.3, -0.25) is 4.79 Å². The molecule has 0 unspecified atom stereocenters. The highest BCUT2D eigenvalue weighted by Gasteiger charge is 2.25. The third-order valence-corrected chi connectivity index (χ3v) is 4.36. The quantitative estimate of drug-likeness (QED) is 0.380. The maximum Gasteiger partial charge on any atom is 0.357 e. The van der Waals surface area contributed by atoms with Crippen LogP contribution in [-0.2, 0) is 24.8 Å². The number of aromatic nitrogens is 1. The molecule has 134 valence electrons. The summed E-state index contributed by atoms with van der Waals surface area (Å²) in [6.45, 7) is 1.16. The average Bonchev–Trinajstić information content (AvgIpc) is 2.97. The molecule has 0 saturated heterocycles. The van der Waals surface area contributed by atoms with Crippen LogP contribution in [0.1, 0.15) is 23.0 Å². The van der Waals surface area contributed by atoms with Crippen molar-refractivity contribution < 1.29 is 31.4 Å². The van der Waals surface area contributed by atoms with Gasteiger partial charge in [-0.05, 0) is 24.3 Å². The minimum absolute atomic E-state index is 0.0907. The molecule has 0 N–H and O–H groups in total. The molecule has 0 bridgehead atoms. The van der Waals surface area contributed by atoms with Gasteiger partial charge in [-0.25, -0.2) is 4.79 Å². The van der Waals surface area contributed by atoms with Crippen molar-refractivity contribution in [3.05, 3.63) is 59.8 Å². The zero-order chi connectivity index (χ0) is 18.7. The van der Waals surface area contributed by atoms with Crippen molar-refractivity contribution in [2.45, 2.75) is 12.7 Å². The van der Waals surface area contributed by atoms with Crippen molar-refractivity contribution >= 4 is 33.0 Å². The van der Waals surface area contributed by atoms with Crippen LogP contribution in [0.4, 0.5) is 0 Å². The lowest BCUT2D eigenvalue weighted by molar-refractivity contribution is -0.131. The highest BCUT2D eigenvalue weighted by molar-refractivity contribution is 7.86. The Morgan fingerprint density at radius 3 is 2.54 bits per heavy atom. The van der Waals surface area contributed by atoms with Gasteiger partial charge in [0.05, 0.1) is 0 Å². The Balaban J connectivity index is 1.81. The van der Waals surface area contributed by atoms with Crippen molar-refractivity contribution in [2.75, 3.05) is 0 Å². The molecule has 0 radical (unpaired) electrons. The van der Waals surface area contributed by atoms with E-state index in [-0.39, 0.29) is 17.0 Å². The maximum absolute atomic E-state index is 12.2. The summed E-state index contributed by atoms with van der Waals surface area (Å²) in [6.07, 6.45) is 0. The number of hydrogen-bond acceptors (Lipinski definition) is 8. The molecule has 0 amide bonds. The Bertz CT molecular complexity index is 1090. The lowest BCUT2D eigenvalue weighted by Gasteiger charge is -2.08. The fraction of sp³-hybridized carbons (Fsp3) is 0.118. The van der Waals surface area contributed by atoms with Crippen molar-refractivity contribution in [1.29, 1.82) is 0 Å². The second kappa shape index (κ2) is 6.96. The van der Waals surface area contributed by atoms with Crippen molar-refractivity contribution in [3.8, 4) is 5.75 Å². The molecule has 2 aromatic carbocycles. The molecule has 3 rings (SSSR count). The van der Waals surface area contributed by atoms with E-state index >= 15 is 0 Å². The molecule has 9 heteroatoms. The van der Waals surface area contributed by atoms with E-state index in [1.54, 1.807) is 24.3 Å². The van der Waals surface area contributed by atoms with E-state index in [1.165, 1.54) is 24.3 Å². The highest BCUT2D eigenvalue weighted by atomic mass is 32.2. The number of carbonyl (C=O) groups is 2. The van der Waals surface area contributed by atoms with E-state index < -0.39 is 27.8 Å². The van der Waals surface area contributed by atoms with Gasteiger partial charge < -0.3 is 13.4 Å². The molecule has 1 aromatic heterocycles. The zero-order valence-electron chi connectivity index (χ0n) is 13.5. The molecule has 0 aliphatic carbocycles. The minimum atomic E-state index is -4.30. The largest absolute Gasteiger partial charge is 0.426 e. The normalized spacial score (nSPS) is 11.3. The molecule has 0 fully saturated rings. The first-order chi connectivity index (χ1) is 12.4. The molecule has 0 saturated carbocycles. The molecule has 1 heterocycles. The zero-order valence-corrected chi connectivity index (χ0v) is 14.4. The molecule has 0 aliphatic heterocycles. The Hall–Kier alpha value is -3.20. The smallest absolute Gasteiger partial charge is 0.357 e. The number of benzene rings is 2. The van der Waals surface area contributed by atoms with E-state index in [0.717, 1.165) is 6.92 Å². The van der Waals surface area contributed by atoms with Crippen molar-refractivity contribution in [2.24, 2.45) is 0 Å². The van der Waals surface area contributed by atoms with Gasteiger partial charge >= 0.3 is 22.1 Å². The monoisotopic (exact) mass is 375 g/mol. The van der Waals surface area contributed by atoms with Crippen LogP contribution in [0.5, 0.6) is 5.75 Å². The molecule has 0 atom stereocenters. The van der Waals surface area contributed by atoms with Crippen molar-refractivity contribution in [3.63, 3.8) is 0 Å². The Kier molecular flexibility index (Phi) is 4.72. The Morgan fingerprint density at radius 1 is 1.08 bits per heavy atom. The highest BCUT2D eigenvalue weighted by Crippen LogP contribution is 2.23. The second-order valence-corrected chi connectivity index (χ2v) is 6.86. The SMILES string of the molecule is CC(=O)Oc1ccccc1C(=O)OS(=O)(=O)Cc1noc2ccccc12. The van der Waals surface area contributed by atoms with E-state index in [1.807, 2.05) is 0 Å². The lowest BCUT2D eigenvalue weighted by atomic mass is 10.2. The number of rotatable bonds is 5. The van der Waals surface area contributed by atoms with Crippen LogP contribution >= 0.6 is 0 Å². The first kappa shape index (κ1) is 17.6. The van der Waals surface area contributed by atoms with Gasteiger partial charge in [-0.15, -0.1) is 0 Å². The first-order valence-corrected chi connectivity index (χ1v) is 9.01. The van der Waals surface area contributed by atoms with Gasteiger partial charge in [-0.1, -0.05) is 29.4 Å². The summed E-state index contributed by atoms with van der Waals surface area (Å²) in [5.74, 6) is -2.55. The number of nitrogens with zero attached hydrogens (tertiary/aromatic N) is 1. The second-order valence-electron chi connectivity index (χ2n) is 5.29. The van der Waals surface area contributed by atoms with E-state index in [0.29, 0.717) is 11.0 Å². The summed E-state index contributed by atoms with van der Waals surface area (Å²) >= 11 is 0. The fourth-order valence-corrected chi connectivity index (χ4v) is 3.20. The molecule has 26 heavy (non-hydrogen) atoms. The van der Waals surface area contributed by atoms with Gasteiger partial charge in [0.1, 0.15) is 22.8 Å². The molecule has 8 nitrogen and oxygen atoms in total. The van der Waals surface area contributed by atoms with Crippen LogP contribution in [0, 0.1) is 0 Å². The Morgan fingerprint density at radius 2 is 1.77 bits per heavy atom. The van der Waals surface area contributed by atoms with E-state index in [2.05, 4.69) is 9.34 Å². The van der Waals surface area contributed by atoms with Gasteiger partial charge in [0.2, 0.25) is 0 Å². The fourth-order valence-electron chi connectivity index (χ4n) is 2.28. The summed E-state index contributed by atoms with van der Waals surface area (Å²) in [7, 11) is -4.30. The number of para-hydroxylation sites is 2. The summed E-state index contributed by atoms with van der Waals surface area (Å²) in [4.78, 5) is 23.3. The minimum Gasteiger partial charge on any atom is -0.426 e. The van der Waals surface area contributed by atoms with Gasteiger partial charge in [0, 0.05) is 12.3 Å². The first-order valence-electron chi connectivity index (χ1n) is 7.43. The third-order valence-electron chi connectivity index (χ3n) is 3.33. The third kappa shape index (κ3) is 3.89. The number of ether oxygens (including phenoxy) is 1. The maximum atomic E-state index is 12.2. The number of carbonyl (C=O) groups excluding carboxylic acids is 2. The summed E-state index contributed by atoms with van der Waals surface area (Å²) in [6, 6.07) is 12.4. The average molecular weight is 375 g/mol. The van der Waals surface area contributed by atoms with Gasteiger partial charge in [0.25, 0.3) is 0 Å². The van der Waals surface area contributed by atoms with Crippen molar-refractivity contribution in [1.82, 2.24) is 5.16 Å². The van der Waals surface area contributed by atoms with Crippen LogP contribution < -0.4 is 4.74 Å². The van der Waals surface area contributed by atoms with Crippen LogP contribution in [0.2, 0.25) is 0 Å². The summed E-state index contributed by atoms with van der Waals surface area (Å²) < 4.78 is 39.0. The van der Waals surface area contributed by atoms with E-state index in [4.69, 9.17) is 9.26 Å². The van der Waals surface area contributed by atoms with Crippen LogP contribution in [-0.4, -0.2) is 25.5 Å². The summed E-state index contributed by atoms with van der Waals surface area (Å²) in [5.41, 5.74) is 0.363. The van der Waals surface area contributed by atoms with Gasteiger partial charge in [0.15, 0.2) is 5.58 Å². The van der Waals surface area contributed by atoms with Crippen LogP contribution in [0.3, 0.4) is 0 Å². The van der Waals surface area contributed by atoms with Crippen LogP contribution in [0.25, 0.3) is 11.0 Å². The molecular weight excluding hydrogens is 362 g/mol. The topological polar surface area (TPSA) is 113 Å². The molecule has 3 aromatic rings.